The molecule has 1 aromatic heterocycles. The molecule has 2 rings (SSSR count). The van der Waals surface area contributed by atoms with Gasteiger partial charge in [0, 0.05) is 7.05 Å². The van der Waals surface area contributed by atoms with Crippen molar-refractivity contribution in [2.75, 3.05) is 5.73 Å². The first-order chi connectivity index (χ1) is 7.68. The Morgan fingerprint density at radius 3 is 2.75 bits per heavy atom. The normalized spacial score (nSPS) is 10.4. The van der Waals surface area contributed by atoms with Crippen molar-refractivity contribution < 1.29 is 4.74 Å². The molecule has 0 radical (unpaired) electrons. The lowest BCUT2D eigenvalue weighted by Crippen LogP contribution is -2.05. The molecule has 0 amide bonds. The highest BCUT2D eigenvalue weighted by Crippen LogP contribution is 2.17. The van der Waals surface area contributed by atoms with Crippen LogP contribution in [0.25, 0.3) is 0 Å². The lowest BCUT2D eigenvalue weighted by molar-refractivity contribution is 0.290. The standard InChI is InChI=1S/C12H15N3O/c1-9-5-3-4-6-10(9)16-8-12-14-7-11(13)15(12)2/h3-7H,8,13H2,1-2H3. The van der Waals surface area contributed by atoms with Crippen molar-refractivity contribution in [2.24, 2.45) is 7.05 Å². The first kappa shape index (κ1) is 10.5. The number of rotatable bonds is 3. The third kappa shape index (κ3) is 2.00. The van der Waals surface area contributed by atoms with E-state index in [-0.39, 0.29) is 0 Å². The van der Waals surface area contributed by atoms with Crippen molar-refractivity contribution in [3.63, 3.8) is 0 Å². The summed E-state index contributed by atoms with van der Waals surface area (Å²) in [5, 5.41) is 0. The molecule has 0 saturated heterocycles. The SMILES string of the molecule is Cc1ccccc1OCc1ncc(N)n1C. The van der Waals surface area contributed by atoms with E-state index in [0.717, 1.165) is 17.1 Å². The molecule has 84 valence electrons. The van der Waals surface area contributed by atoms with E-state index in [2.05, 4.69) is 4.98 Å². The number of hydrogen-bond donors (Lipinski definition) is 1. The second kappa shape index (κ2) is 4.26. The summed E-state index contributed by atoms with van der Waals surface area (Å²) >= 11 is 0. The van der Waals surface area contributed by atoms with Crippen LogP contribution >= 0.6 is 0 Å². The Bertz CT molecular complexity index is 491. The fourth-order valence-corrected chi connectivity index (χ4v) is 1.46. The van der Waals surface area contributed by atoms with Gasteiger partial charge in [0.25, 0.3) is 0 Å². The lowest BCUT2D eigenvalue weighted by atomic mass is 10.2. The molecular weight excluding hydrogens is 202 g/mol. The minimum atomic E-state index is 0.429. The van der Waals surface area contributed by atoms with Gasteiger partial charge in [-0.25, -0.2) is 4.98 Å². The predicted octanol–water partition coefficient (Wildman–Crippen LogP) is 1.89. The molecule has 0 saturated carbocycles. The Morgan fingerprint density at radius 1 is 1.38 bits per heavy atom. The summed E-state index contributed by atoms with van der Waals surface area (Å²) in [6.07, 6.45) is 1.64. The number of hydrogen-bond acceptors (Lipinski definition) is 3. The predicted molar refractivity (Wildman–Crippen MR) is 63.1 cm³/mol. The van der Waals surface area contributed by atoms with E-state index in [1.165, 1.54) is 0 Å². The van der Waals surface area contributed by atoms with Crippen molar-refractivity contribution in [3.8, 4) is 5.75 Å². The number of benzene rings is 1. The van der Waals surface area contributed by atoms with Crippen molar-refractivity contribution in [3.05, 3.63) is 41.9 Å². The number of para-hydroxylation sites is 1. The van der Waals surface area contributed by atoms with Gasteiger partial charge in [-0.15, -0.1) is 0 Å². The lowest BCUT2D eigenvalue weighted by Gasteiger charge is -2.08. The quantitative estimate of drug-likeness (QED) is 0.854. The van der Waals surface area contributed by atoms with Crippen LogP contribution < -0.4 is 10.5 Å². The number of nitrogen functional groups attached to an aromatic ring is 1. The van der Waals surface area contributed by atoms with Crippen molar-refractivity contribution in [1.82, 2.24) is 9.55 Å². The molecule has 1 heterocycles. The number of nitrogens with zero attached hydrogens (tertiary/aromatic N) is 2. The number of aromatic nitrogens is 2. The van der Waals surface area contributed by atoms with Gasteiger partial charge < -0.3 is 15.0 Å². The van der Waals surface area contributed by atoms with Gasteiger partial charge in [-0.05, 0) is 18.6 Å². The Labute approximate surface area is 94.7 Å². The molecule has 0 unspecified atom stereocenters. The maximum atomic E-state index is 5.68. The van der Waals surface area contributed by atoms with Gasteiger partial charge in [0.2, 0.25) is 0 Å². The molecule has 0 aliphatic carbocycles. The molecule has 0 spiro atoms. The zero-order valence-electron chi connectivity index (χ0n) is 9.47. The Kier molecular flexibility index (Phi) is 2.81. The molecule has 2 aromatic rings. The first-order valence-corrected chi connectivity index (χ1v) is 5.13. The summed E-state index contributed by atoms with van der Waals surface area (Å²) in [4.78, 5) is 4.17. The summed E-state index contributed by atoms with van der Waals surface area (Å²) in [7, 11) is 1.87. The van der Waals surface area contributed by atoms with Gasteiger partial charge in [0.15, 0.2) is 0 Å². The van der Waals surface area contributed by atoms with Crippen LogP contribution in [0, 0.1) is 6.92 Å². The zero-order valence-corrected chi connectivity index (χ0v) is 9.47. The monoisotopic (exact) mass is 217 g/mol. The number of aryl methyl sites for hydroxylation is 1. The summed E-state index contributed by atoms with van der Waals surface area (Å²) in [6, 6.07) is 7.90. The van der Waals surface area contributed by atoms with E-state index in [1.54, 1.807) is 6.20 Å². The smallest absolute Gasteiger partial charge is 0.148 e. The van der Waals surface area contributed by atoms with Gasteiger partial charge in [0.05, 0.1) is 6.20 Å². The summed E-state index contributed by atoms with van der Waals surface area (Å²) in [5.41, 5.74) is 6.80. The number of anilines is 1. The van der Waals surface area contributed by atoms with Crippen LogP contribution in [-0.4, -0.2) is 9.55 Å². The molecule has 16 heavy (non-hydrogen) atoms. The molecule has 0 fully saturated rings. The highest BCUT2D eigenvalue weighted by molar-refractivity contribution is 5.32. The van der Waals surface area contributed by atoms with E-state index in [1.807, 2.05) is 42.8 Å². The van der Waals surface area contributed by atoms with Crippen LogP contribution in [0.1, 0.15) is 11.4 Å². The Morgan fingerprint density at radius 2 is 2.12 bits per heavy atom. The van der Waals surface area contributed by atoms with Crippen molar-refractivity contribution in [1.29, 1.82) is 0 Å². The van der Waals surface area contributed by atoms with Crippen LogP contribution in [0.4, 0.5) is 5.82 Å². The fraction of sp³-hybridized carbons (Fsp3) is 0.250. The van der Waals surface area contributed by atoms with Gasteiger partial charge in [-0.3, -0.25) is 0 Å². The van der Waals surface area contributed by atoms with Crippen molar-refractivity contribution in [2.45, 2.75) is 13.5 Å². The number of ether oxygens (including phenoxy) is 1. The third-order valence-electron chi connectivity index (χ3n) is 2.57. The Balaban J connectivity index is 2.08. The number of imidazole rings is 1. The Hall–Kier alpha value is -1.97. The molecule has 0 aliphatic rings. The first-order valence-electron chi connectivity index (χ1n) is 5.13. The van der Waals surface area contributed by atoms with Crippen LogP contribution in [-0.2, 0) is 13.7 Å². The molecule has 0 atom stereocenters. The van der Waals surface area contributed by atoms with E-state index >= 15 is 0 Å². The minimum Gasteiger partial charge on any atom is -0.485 e. The van der Waals surface area contributed by atoms with E-state index in [4.69, 9.17) is 10.5 Å². The molecule has 0 aliphatic heterocycles. The maximum Gasteiger partial charge on any atom is 0.148 e. The average molecular weight is 217 g/mol. The van der Waals surface area contributed by atoms with Gasteiger partial charge in [0.1, 0.15) is 24.0 Å². The van der Waals surface area contributed by atoms with E-state index in [9.17, 15) is 0 Å². The molecule has 2 N–H and O–H groups in total. The molecule has 4 nitrogen and oxygen atoms in total. The fourth-order valence-electron chi connectivity index (χ4n) is 1.46. The summed E-state index contributed by atoms with van der Waals surface area (Å²) in [5.74, 6) is 2.34. The van der Waals surface area contributed by atoms with Gasteiger partial charge in [-0.1, -0.05) is 18.2 Å². The van der Waals surface area contributed by atoms with Crippen molar-refractivity contribution >= 4 is 5.82 Å². The van der Waals surface area contributed by atoms with Gasteiger partial charge in [-0.2, -0.15) is 0 Å². The average Bonchev–Trinajstić information content (AvgIpc) is 2.59. The van der Waals surface area contributed by atoms with Crippen LogP contribution in [0.5, 0.6) is 5.75 Å². The summed E-state index contributed by atoms with van der Waals surface area (Å²) < 4.78 is 7.50. The zero-order chi connectivity index (χ0) is 11.5. The molecule has 4 heteroatoms. The van der Waals surface area contributed by atoms with E-state index < -0.39 is 0 Å². The molecule has 0 bridgehead atoms. The highest BCUT2D eigenvalue weighted by atomic mass is 16.5. The largest absolute Gasteiger partial charge is 0.485 e. The highest BCUT2D eigenvalue weighted by Gasteiger charge is 2.05. The second-order valence-corrected chi connectivity index (χ2v) is 3.71. The minimum absolute atomic E-state index is 0.429. The summed E-state index contributed by atoms with van der Waals surface area (Å²) in [6.45, 7) is 2.45. The van der Waals surface area contributed by atoms with Gasteiger partial charge >= 0.3 is 0 Å². The topological polar surface area (TPSA) is 53.1 Å². The molecular formula is C12H15N3O. The van der Waals surface area contributed by atoms with Crippen LogP contribution in [0.15, 0.2) is 30.5 Å². The maximum absolute atomic E-state index is 5.68. The second-order valence-electron chi connectivity index (χ2n) is 3.71. The third-order valence-corrected chi connectivity index (χ3v) is 2.57. The van der Waals surface area contributed by atoms with Crippen LogP contribution in [0.2, 0.25) is 0 Å². The molecule has 1 aromatic carbocycles. The number of nitrogens with two attached hydrogens (primary N) is 1. The van der Waals surface area contributed by atoms with Crippen LogP contribution in [0.3, 0.4) is 0 Å². The van der Waals surface area contributed by atoms with E-state index in [0.29, 0.717) is 12.4 Å².